The zero-order valence-electron chi connectivity index (χ0n) is 16.6. The smallest absolute Gasteiger partial charge is 0.173 e. The fourth-order valence-corrected chi connectivity index (χ4v) is 3.38. The van der Waals surface area contributed by atoms with Gasteiger partial charge in [-0.3, -0.25) is 0 Å². The van der Waals surface area contributed by atoms with Gasteiger partial charge in [0.25, 0.3) is 0 Å². The van der Waals surface area contributed by atoms with Crippen molar-refractivity contribution < 1.29 is 9.13 Å². The third kappa shape index (κ3) is 5.77. The van der Waals surface area contributed by atoms with Gasteiger partial charge in [0.05, 0.1) is 13.4 Å². The van der Waals surface area contributed by atoms with Gasteiger partial charge in [0.1, 0.15) is 11.6 Å². The summed E-state index contributed by atoms with van der Waals surface area (Å²) in [5, 5.41) is 3.84. The standard InChI is InChI=1S/C22H25FN4OS/c1-17-14-19(8-9-21(17)28-2)25-22(29)27(12-5-11-26-13-10-24-16-26)15-18-6-3-4-7-20(18)23/h3-4,6-10,13-14,16H,5,11-12,15H2,1-2H3,(H,25,29). The average Bonchev–Trinajstić information content (AvgIpc) is 3.22. The lowest BCUT2D eigenvalue weighted by molar-refractivity contribution is 0.388. The summed E-state index contributed by atoms with van der Waals surface area (Å²) >= 11 is 5.66. The fourth-order valence-electron chi connectivity index (χ4n) is 3.11. The van der Waals surface area contributed by atoms with E-state index in [2.05, 4.69) is 10.3 Å². The van der Waals surface area contributed by atoms with Crippen LogP contribution in [-0.4, -0.2) is 33.2 Å². The van der Waals surface area contributed by atoms with Crippen molar-refractivity contribution in [1.82, 2.24) is 14.5 Å². The zero-order chi connectivity index (χ0) is 20.6. The predicted molar refractivity (Wildman–Crippen MR) is 118 cm³/mol. The van der Waals surface area contributed by atoms with Gasteiger partial charge in [-0.05, 0) is 55.4 Å². The second kappa shape index (κ2) is 10.0. The Morgan fingerprint density at radius 1 is 1.28 bits per heavy atom. The molecule has 152 valence electrons. The predicted octanol–water partition coefficient (Wildman–Crippen LogP) is 4.63. The number of aromatic nitrogens is 2. The minimum Gasteiger partial charge on any atom is -0.496 e. The van der Waals surface area contributed by atoms with Crippen LogP contribution in [0.4, 0.5) is 10.1 Å². The van der Waals surface area contributed by atoms with Gasteiger partial charge in [-0.15, -0.1) is 0 Å². The number of halogens is 1. The van der Waals surface area contributed by atoms with Crippen LogP contribution in [-0.2, 0) is 13.1 Å². The highest BCUT2D eigenvalue weighted by Crippen LogP contribution is 2.22. The molecule has 7 heteroatoms. The van der Waals surface area contributed by atoms with Crippen LogP contribution < -0.4 is 10.1 Å². The maximum Gasteiger partial charge on any atom is 0.173 e. The SMILES string of the molecule is COc1ccc(NC(=S)N(CCCn2ccnc2)Cc2ccccc2F)cc1C. The number of imidazole rings is 1. The second-order valence-electron chi connectivity index (χ2n) is 6.78. The number of nitrogens with one attached hydrogen (secondary N) is 1. The van der Waals surface area contributed by atoms with E-state index in [1.54, 1.807) is 31.8 Å². The van der Waals surface area contributed by atoms with Crippen LogP contribution in [0.1, 0.15) is 17.5 Å². The van der Waals surface area contributed by atoms with Crippen molar-refractivity contribution in [3.05, 3.63) is 78.1 Å². The molecule has 0 saturated carbocycles. The number of anilines is 1. The molecule has 3 aromatic rings. The number of rotatable bonds is 8. The van der Waals surface area contributed by atoms with E-state index in [9.17, 15) is 4.39 Å². The van der Waals surface area contributed by atoms with Crippen LogP contribution >= 0.6 is 12.2 Å². The quantitative estimate of drug-likeness (QED) is 0.547. The molecule has 0 aliphatic rings. The molecule has 0 atom stereocenters. The normalized spacial score (nSPS) is 10.6. The first-order chi connectivity index (χ1) is 14.1. The number of hydrogen-bond donors (Lipinski definition) is 1. The van der Waals surface area contributed by atoms with Crippen molar-refractivity contribution in [2.45, 2.75) is 26.4 Å². The van der Waals surface area contributed by atoms with Gasteiger partial charge in [0, 0.05) is 43.3 Å². The number of hydrogen-bond acceptors (Lipinski definition) is 3. The first-order valence-electron chi connectivity index (χ1n) is 9.46. The van der Waals surface area contributed by atoms with Crippen molar-refractivity contribution in [2.75, 3.05) is 19.0 Å². The number of ether oxygens (including phenoxy) is 1. The Balaban J connectivity index is 1.70. The van der Waals surface area contributed by atoms with E-state index in [1.165, 1.54) is 6.07 Å². The molecule has 0 aliphatic carbocycles. The minimum atomic E-state index is -0.227. The molecule has 0 bridgehead atoms. The van der Waals surface area contributed by atoms with E-state index in [1.807, 2.05) is 46.9 Å². The van der Waals surface area contributed by atoms with Crippen molar-refractivity contribution in [3.8, 4) is 5.75 Å². The number of thiocarbonyl (C=S) groups is 1. The molecule has 1 aromatic heterocycles. The molecule has 5 nitrogen and oxygen atoms in total. The highest BCUT2D eigenvalue weighted by Gasteiger charge is 2.13. The van der Waals surface area contributed by atoms with E-state index in [-0.39, 0.29) is 5.82 Å². The van der Waals surface area contributed by atoms with Gasteiger partial charge in [0.2, 0.25) is 0 Å². The molecule has 1 heterocycles. The minimum absolute atomic E-state index is 0.227. The highest BCUT2D eigenvalue weighted by molar-refractivity contribution is 7.80. The molecular formula is C22H25FN4OS. The van der Waals surface area contributed by atoms with Crippen LogP contribution in [0.2, 0.25) is 0 Å². The summed E-state index contributed by atoms with van der Waals surface area (Å²) in [7, 11) is 1.65. The van der Waals surface area contributed by atoms with Gasteiger partial charge in [-0.1, -0.05) is 18.2 Å². The van der Waals surface area contributed by atoms with E-state index < -0.39 is 0 Å². The summed E-state index contributed by atoms with van der Waals surface area (Å²) in [6.45, 7) is 3.89. The van der Waals surface area contributed by atoms with E-state index >= 15 is 0 Å². The monoisotopic (exact) mass is 412 g/mol. The summed E-state index contributed by atoms with van der Waals surface area (Å²) in [5.41, 5.74) is 2.51. The van der Waals surface area contributed by atoms with E-state index in [0.29, 0.717) is 23.8 Å². The van der Waals surface area contributed by atoms with E-state index in [4.69, 9.17) is 17.0 Å². The Hall–Kier alpha value is -2.93. The first-order valence-corrected chi connectivity index (χ1v) is 9.87. The molecule has 0 unspecified atom stereocenters. The van der Waals surface area contributed by atoms with Crippen molar-refractivity contribution in [3.63, 3.8) is 0 Å². The fraction of sp³-hybridized carbons (Fsp3) is 0.273. The van der Waals surface area contributed by atoms with Crippen LogP contribution in [0.3, 0.4) is 0 Å². The Morgan fingerprint density at radius 3 is 2.79 bits per heavy atom. The molecule has 3 rings (SSSR count). The third-order valence-electron chi connectivity index (χ3n) is 4.66. The topological polar surface area (TPSA) is 42.3 Å². The largest absolute Gasteiger partial charge is 0.496 e. The van der Waals surface area contributed by atoms with Crippen LogP contribution in [0.5, 0.6) is 5.75 Å². The van der Waals surface area contributed by atoms with Gasteiger partial charge in [-0.25, -0.2) is 9.37 Å². The number of nitrogens with zero attached hydrogens (tertiary/aromatic N) is 3. The average molecular weight is 413 g/mol. The van der Waals surface area contributed by atoms with Gasteiger partial charge < -0.3 is 19.5 Å². The summed E-state index contributed by atoms with van der Waals surface area (Å²) in [6.07, 6.45) is 6.33. The summed E-state index contributed by atoms with van der Waals surface area (Å²) in [4.78, 5) is 6.05. The lowest BCUT2D eigenvalue weighted by atomic mass is 10.2. The number of aryl methyl sites for hydroxylation is 2. The van der Waals surface area contributed by atoms with Crippen molar-refractivity contribution in [2.24, 2.45) is 0 Å². The van der Waals surface area contributed by atoms with Gasteiger partial charge in [0.15, 0.2) is 5.11 Å². The summed E-state index contributed by atoms with van der Waals surface area (Å²) in [5.74, 6) is 0.597. The molecule has 0 saturated heterocycles. The maximum atomic E-state index is 14.2. The summed E-state index contributed by atoms with van der Waals surface area (Å²) in [6, 6.07) is 12.6. The lowest BCUT2D eigenvalue weighted by Gasteiger charge is -2.26. The maximum absolute atomic E-state index is 14.2. The Labute approximate surface area is 176 Å². The Kier molecular flexibility index (Phi) is 7.19. The third-order valence-corrected chi connectivity index (χ3v) is 5.02. The number of benzene rings is 2. The van der Waals surface area contributed by atoms with E-state index in [0.717, 1.165) is 30.0 Å². The van der Waals surface area contributed by atoms with Crippen LogP contribution in [0.25, 0.3) is 0 Å². The molecule has 29 heavy (non-hydrogen) atoms. The lowest BCUT2D eigenvalue weighted by Crippen LogP contribution is -2.35. The highest BCUT2D eigenvalue weighted by atomic mass is 32.1. The zero-order valence-corrected chi connectivity index (χ0v) is 17.5. The van der Waals surface area contributed by atoms with Gasteiger partial charge >= 0.3 is 0 Å². The molecule has 2 aromatic carbocycles. The molecule has 0 fully saturated rings. The molecule has 0 amide bonds. The molecule has 0 spiro atoms. The molecular weight excluding hydrogens is 387 g/mol. The Morgan fingerprint density at radius 2 is 2.10 bits per heavy atom. The molecule has 0 aliphatic heterocycles. The van der Waals surface area contributed by atoms with Crippen LogP contribution in [0.15, 0.2) is 61.2 Å². The van der Waals surface area contributed by atoms with Crippen LogP contribution in [0, 0.1) is 12.7 Å². The first kappa shape index (κ1) is 20.8. The molecule has 1 N–H and O–H groups in total. The van der Waals surface area contributed by atoms with Crippen molar-refractivity contribution >= 4 is 23.0 Å². The van der Waals surface area contributed by atoms with Crippen molar-refractivity contribution in [1.29, 1.82) is 0 Å². The second-order valence-corrected chi connectivity index (χ2v) is 7.17. The Bertz CT molecular complexity index is 946. The van der Waals surface area contributed by atoms with Gasteiger partial charge in [-0.2, -0.15) is 0 Å². The summed E-state index contributed by atoms with van der Waals surface area (Å²) < 4.78 is 21.5. The molecule has 0 radical (unpaired) electrons. The number of methoxy groups -OCH3 is 1.